The molecule has 0 spiro atoms. The second kappa shape index (κ2) is 5.43. The minimum Gasteiger partial charge on any atom is -0.343 e. The van der Waals surface area contributed by atoms with Crippen molar-refractivity contribution in [3.05, 3.63) is 12.2 Å². The Bertz CT molecular complexity index is 289. The van der Waals surface area contributed by atoms with E-state index < -0.39 is 0 Å². The molecule has 0 bridgehead atoms. The van der Waals surface area contributed by atoms with Crippen molar-refractivity contribution in [3.63, 3.8) is 0 Å². The zero-order valence-electron chi connectivity index (χ0n) is 10.1. The summed E-state index contributed by atoms with van der Waals surface area (Å²) in [6.45, 7) is 5.39. The predicted molar refractivity (Wildman–Crippen MR) is 61.7 cm³/mol. The van der Waals surface area contributed by atoms with Crippen molar-refractivity contribution in [1.82, 2.24) is 15.5 Å². The van der Waals surface area contributed by atoms with E-state index in [0.29, 0.717) is 6.04 Å². The summed E-state index contributed by atoms with van der Waals surface area (Å²) in [5.74, 6) is 2.51. The van der Waals surface area contributed by atoms with Gasteiger partial charge in [0.1, 0.15) is 0 Å². The molecular weight excluding hydrogens is 202 g/mol. The van der Waals surface area contributed by atoms with E-state index in [4.69, 9.17) is 4.52 Å². The molecule has 0 atom stereocenters. The Hall–Kier alpha value is -0.900. The van der Waals surface area contributed by atoms with Gasteiger partial charge in [-0.2, -0.15) is 4.98 Å². The van der Waals surface area contributed by atoms with E-state index in [-0.39, 0.29) is 0 Å². The molecule has 1 aliphatic rings. The van der Waals surface area contributed by atoms with E-state index in [2.05, 4.69) is 29.3 Å². The molecule has 1 aromatic heterocycles. The fraction of sp³-hybridized carbons (Fsp3) is 0.833. The normalized spacial score (nSPS) is 26.2. The van der Waals surface area contributed by atoms with Gasteiger partial charge >= 0.3 is 0 Å². The lowest BCUT2D eigenvalue weighted by Gasteiger charge is -2.31. The summed E-state index contributed by atoms with van der Waals surface area (Å²) >= 11 is 0. The Morgan fingerprint density at radius 2 is 2.12 bits per heavy atom. The van der Waals surface area contributed by atoms with Gasteiger partial charge in [0.05, 0.1) is 6.54 Å². The van der Waals surface area contributed by atoms with Gasteiger partial charge in [-0.1, -0.05) is 19.0 Å². The van der Waals surface area contributed by atoms with Crippen molar-refractivity contribution in [1.29, 1.82) is 0 Å². The minimum atomic E-state index is 0.633. The molecule has 1 fully saturated rings. The summed E-state index contributed by atoms with van der Waals surface area (Å²) in [7, 11) is 0. The lowest BCUT2D eigenvalue weighted by molar-refractivity contribution is 0.237. The number of nitrogens with one attached hydrogen (secondary N) is 1. The van der Waals surface area contributed by atoms with Gasteiger partial charge in [-0.25, -0.2) is 0 Å². The first kappa shape index (κ1) is 11.6. The average molecular weight is 223 g/mol. The fourth-order valence-corrected chi connectivity index (χ4v) is 2.50. The van der Waals surface area contributed by atoms with E-state index in [0.717, 1.165) is 24.2 Å². The van der Waals surface area contributed by atoms with Gasteiger partial charge in [0.2, 0.25) is 6.39 Å². The summed E-state index contributed by atoms with van der Waals surface area (Å²) in [6.07, 6.45) is 6.64. The van der Waals surface area contributed by atoms with E-state index >= 15 is 0 Å². The molecule has 1 aromatic rings. The van der Waals surface area contributed by atoms with Crippen LogP contribution < -0.4 is 5.32 Å². The van der Waals surface area contributed by atoms with Crippen LogP contribution in [-0.2, 0) is 6.54 Å². The lowest BCUT2D eigenvalue weighted by Crippen LogP contribution is -2.34. The molecule has 0 unspecified atom stereocenters. The molecule has 4 heteroatoms. The zero-order chi connectivity index (χ0) is 11.4. The van der Waals surface area contributed by atoms with Crippen LogP contribution in [0.2, 0.25) is 0 Å². The Labute approximate surface area is 96.8 Å². The molecule has 0 radical (unpaired) electrons. The van der Waals surface area contributed by atoms with Gasteiger partial charge in [-0.3, -0.25) is 0 Å². The Morgan fingerprint density at radius 3 is 2.69 bits per heavy atom. The molecule has 90 valence electrons. The van der Waals surface area contributed by atoms with Crippen molar-refractivity contribution in [2.45, 2.75) is 52.1 Å². The number of hydrogen-bond donors (Lipinski definition) is 1. The number of rotatable bonds is 4. The highest BCUT2D eigenvalue weighted by atomic mass is 16.5. The summed E-state index contributed by atoms with van der Waals surface area (Å²) < 4.78 is 4.70. The van der Waals surface area contributed by atoms with Crippen LogP contribution in [-0.4, -0.2) is 16.2 Å². The molecule has 0 aromatic carbocycles. The van der Waals surface area contributed by atoms with Gasteiger partial charge < -0.3 is 9.84 Å². The smallest absolute Gasteiger partial charge is 0.213 e. The Morgan fingerprint density at radius 1 is 1.38 bits per heavy atom. The number of hydrogen-bond acceptors (Lipinski definition) is 4. The topological polar surface area (TPSA) is 51.0 Å². The van der Waals surface area contributed by atoms with Crippen LogP contribution in [0.5, 0.6) is 0 Å². The summed E-state index contributed by atoms with van der Waals surface area (Å²) in [6, 6.07) is 0.633. The van der Waals surface area contributed by atoms with Crippen molar-refractivity contribution < 1.29 is 4.52 Å². The number of nitrogens with zero attached hydrogens (tertiary/aromatic N) is 2. The minimum absolute atomic E-state index is 0.633. The van der Waals surface area contributed by atoms with Crippen LogP contribution in [0.25, 0.3) is 0 Å². The molecule has 1 N–H and O–H groups in total. The summed E-state index contributed by atoms with van der Waals surface area (Å²) in [5.41, 5.74) is 0. The van der Waals surface area contributed by atoms with Crippen molar-refractivity contribution in [2.75, 3.05) is 0 Å². The molecular formula is C12H21N3O. The van der Waals surface area contributed by atoms with E-state index in [1.165, 1.54) is 32.1 Å². The Kier molecular flexibility index (Phi) is 3.93. The third kappa shape index (κ3) is 3.04. The SMILES string of the molecule is CC(C)C1CCC(NCc2ncon2)CC1. The van der Waals surface area contributed by atoms with Crippen LogP contribution in [0.4, 0.5) is 0 Å². The predicted octanol–water partition coefficient (Wildman–Crippen LogP) is 2.37. The van der Waals surface area contributed by atoms with E-state index in [9.17, 15) is 0 Å². The van der Waals surface area contributed by atoms with Crippen LogP contribution in [0.15, 0.2) is 10.9 Å². The van der Waals surface area contributed by atoms with Gasteiger partial charge in [-0.05, 0) is 37.5 Å². The van der Waals surface area contributed by atoms with Gasteiger partial charge in [0, 0.05) is 6.04 Å². The first-order valence-corrected chi connectivity index (χ1v) is 6.24. The van der Waals surface area contributed by atoms with Crippen LogP contribution in [0.3, 0.4) is 0 Å². The molecule has 4 nitrogen and oxygen atoms in total. The highest BCUT2D eigenvalue weighted by molar-refractivity contribution is 4.82. The maximum atomic E-state index is 4.70. The summed E-state index contributed by atoms with van der Waals surface area (Å²) in [4.78, 5) is 4.00. The standard InChI is InChI=1S/C12H21N3O/c1-9(2)10-3-5-11(6-4-10)13-7-12-14-8-16-15-12/h8-11,13H,3-7H2,1-2H3. The lowest BCUT2D eigenvalue weighted by atomic mass is 9.80. The van der Waals surface area contributed by atoms with Crippen LogP contribution >= 0.6 is 0 Å². The molecule has 1 heterocycles. The largest absolute Gasteiger partial charge is 0.343 e. The molecule has 1 saturated carbocycles. The zero-order valence-corrected chi connectivity index (χ0v) is 10.1. The second-order valence-electron chi connectivity index (χ2n) is 5.08. The van der Waals surface area contributed by atoms with Gasteiger partial charge in [0.15, 0.2) is 5.82 Å². The molecule has 16 heavy (non-hydrogen) atoms. The van der Waals surface area contributed by atoms with Crippen LogP contribution in [0, 0.1) is 11.8 Å². The first-order chi connectivity index (χ1) is 7.75. The second-order valence-corrected chi connectivity index (χ2v) is 5.08. The maximum Gasteiger partial charge on any atom is 0.213 e. The monoisotopic (exact) mass is 223 g/mol. The third-order valence-electron chi connectivity index (χ3n) is 3.67. The molecule has 0 amide bonds. The molecule has 0 saturated heterocycles. The summed E-state index contributed by atoms with van der Waals surface area (Å²) in [5, 5.41) is 7.29. The van der Waals surface area contributed by atoms with E-state index in [1.54, 1.807) is 0 Å². The van der Waals surface area contributed by atoms with Gasteiger partial charge in [0.25, 0.3) is 0 Å². The highest BCUT2D eigenvalue weighted by Gasteiger charge is 2.22. The average Bonchev–Trinajstić information content (AvgIpc) is 2.80. The Balaban J connectivity index is 1.69. The number of aromatic nitrogens is 2. The van der Waals surface area contributed by atoms with Crippen molar-refractivity contribution in [3.8, 4) is 0 Å². The molecule has 2 rings (SSSR count). The quantitative estimate of drug-likeness (QED) is 0.851. The molecule has 1 aliphatic carbocycles. The molecule has 0 aliphatic heterocycles. The highest BCUT2D eigenvalue weighted by Crippen LogP contribution is 2.29. The maximum absolute atomic E-state index is 4.70. The van der Waals surface area contributed by atoms with Crippen LogP contribution in [0.1, 0.15) is 45.4 Å². The fourth-order valence-electron chi connectivity index (χ4n) is 2.50. The van der Waals surface area contributed by atoms with Crippen molar-refractivity contribution >= 4 is 0 Å². The van der Waals surface area contributed by atoms with Gasteiger partial charge in [-0.15, -0.1) is 0 Å². The van der Waals surface area contributed by atoms with Crippen molar-refractivity contribution in [2.24, 2.45) is 11.8 Å². The third-order valence-corrected chi connectivity index (χ3v) is 3.67. The first-order valence-electron chi connectivity index (χ1n) is 6.24. The van der Waals surface area contributed by atoms with E-state index in [1.807, 2.05) is 0 Å².